The summed E-state index contributed by atoms with van der Waals surface area (Å²) in [5.74, 6) is 1.15. The molecule has 1 heterocycles. The quantitative estimate of drug-likeness (QED) is 0.778. The molecule has 2 N–H and O–H groups in total. The highest BCUT2D eigenvalue weighted by Gasteiger charge is 2.12. The van der Waals surface area contributed by atoms with E-state index < -0.39 is 0 Å². The molecule has 1 aromatic heterocycles. The molecule has 5 heteroatoms. The minimum atomic E-state index is 0.357. The molecule has 0 saturated carbocycles. The van der Waals surface area contributed by atoms with Crippen LogP contribution in [-0.2, 0) is 6.54 Å². The van der Waals surface area contributed by atoms with E-state index in [1.165, 1.54) is 5.56 Å². The predicted molar refractivity (Wildman–Crippen MR) is 84.1 cm³/mol. The molecule has 1 aromatic rings. The third kappa shape index (κ3) is 4.55. The molecule has 1 rings (SSSR count). The van der Waals surface area contributed by atoms with Crippen LogP contribution < -0.4 is 5.73 Å². The zero-order valence-corrected chi connectivity index (χ0v) is 12.9. The Kier molecular flexibility index (Phi) is 6.60. The number of hydrogen-bond acceptors (Lipinski definition) is 4. The molecule has 0 aromatic carbocycles. The molecule has 0 fully saturated rings. The SMILES string of the molecule is CCC(CSC)N(C)Cc1ccnc(C(N)=S)c1. The Morgan fingerprint density at radius 3 is 2.89 bits per heavy atom. The monoisotopic (exact) mass is 283 g/mol. The molecule has 0 spiro atoms. The Labute approximate surface area is 119 Å². The van der Waals surface area contributed by atoms with Crippen LogP contribution in [0.25, 0.3) is 0 Å². The van der Waals surface area contributed by atoms with Crippen LogP contribution >= 0.6 is 24.0 Å². The summed E-state index contributed by atoms with van der Waals surface area (Å²) in [7, 11) is 2.16. The van der Waals surface area contributed by atoms with Crippen molar-refractivity contribution in [3.05, 3.63) is 29.6 Å². The first-order chi connectivity index (χ1) is 8.58. The van der Waals surface area contributed by atoms with Crippen molar-refractivity contribution in [2.45, 2.75) is 25.9 Å². The van der Waals surface area contributed by atoms with Crippen molar-refractivity contribution in [3.8, 4) is 0 Å². The molecule has 0 aliphatic heterocycles. The topological polar surface area (TPSA) is 42.2 Å². The summed E-state index contributed by atoms with van der Waals surface area (Å²) < 4.78 is 0. The summed E-state index contributed by atoms with van der Waals surface area (Å²) in [6, 6.07) is 4.59. The molecular formula is C13H21N3S2. The van der Waals surface area contributed by atoms with E-state index in [9.17, 15) is 0 Å². The van der Waals surface area contributed by atoms with Gasteiger partial charge in [-0.25, -0.2) is 0 Å². The molecule has 0 saturated heterocycles. The fourth-order valence-electron chi connectivity index (χ4n) is 1.87. The molecule has 0 amide bonds. The molecule has 1 unspecified atom stereocenters. The van der Waals surface area contributed by atoms with Gasteiger partial charge in [-0.3, -0.25) is 9.88 Å². The van der Waals surface area contributed by atoms with Gasteiger partial charge in [-0.15, -0.1) is 0 Å². The first-order valence-corrected chi connectivity index (χ1v) is 7.82. The largest absolute Gasteiger partial charge is 0.388 e. The minimum Gasteiger partial charge on any atom is -0.388 e. The summed E-state index contributed by atoms with van der Waals surface area (Å²) in [6.45, 7) is 3.13. The van der Waals surface area contributed by atoms with Gasteiger partial charge in [-0.2, -0.15) is 11.8 Å². The average molecular weight is 283 g/mol. The lowest BCUT2D eigenvalue weighted by Crippen LogP contribution is -2.32. The molecule has 0 bridgehead atoms. The Hall–Kier alpha value is -0.650. The first kappa shape index (κ1) is 15.4. The van der Waals surface area contributed by atoms with E-state index in [2.05, 4.69) is 30.1 Å². The van der Waals surface area contributed by atoms with Gasteiger partial charge >= 0.3 is 0 Å². The van der Waals surface area contributed by atoms with Gasteiger partial charge < -0.3 is 5.73 Å². The number of thioether (sulfide) groups is 1. The van der Waals surface area contributed by atoms with Crippen LogP contribution in [0.4, 0.5) is 0 Å². The van der Waals surface area contributed by atoms with Gasteiger partial charge in [0.2, 0.25) is 0 Å². The van der Waals surface area contributed by atoms with E-state index in [-0.39, 0.29) is 0 Å². The zero-order valence-electron chi connectivity index (χ0n) is 11.2. The Balaban J connectivity index is 2.71. The molecular weight excluding hydrogens is 262 g/mol. The number of thiocarbonyl (C=S) groups is 1. The van der Waals surface area contributed by atoms with Crippen molar-refractivity contribution >= 4 is 29.0 Å². The van der Waals surface area contributed by atoms with Gasteiger partial charge in [0.25, 0.3) is 0 Å². The third-order valence-corrected chi connectivity index (χ3v) is 3.89. The summed E-state index contributed by atoms with van der Waals surface area (Å²) >= 11 is 6.84. The van der Waals surface area contributed by atoms with Crippen molar-refractivity contribution in [1.82, 2.24) is 9.88 Å². The highest BCUT2D eigenvalue weighted by atomic mass is 32.2. The predicted octanol–water partition coefficient (Wildman–Crippen LogP) is 2.29. The number of aromatic nitrogens is 1. The number of nitrogens with two attached hydrogens (primary N) is 1. The maximum absolute atomic E-state index is 5.60. The first-order valence-electron chi connectivity index (χ1n) is 6.02. The summed E-state index contributed by atoms with van der Waals surface area (Å²) in [5.41, 5.74) is 7.51. The van der Waals surface area contributed by atoms with E-state index >= 15 is 0 Å². The van der Waals surface area contributed by atoms with Crippen LogP contribution in [0.15, 0.2) is 18.3 Å². The maximum Gasteiger partial charge on any atom is 0.122 e. The molecule has 1 atom stereocenters. The summed E-state index contributed by atoms with van der Waals surface area (Å²) in [5, 5.41) is 0. The van der Waals surface area contributed by atoms with Gasteiger partial charge in [-0.1, -0.05) is 19.1 Å². The zero-order chi connectivity index (χ0) is 13.5. The van der Waals surface area contributed by atoms with Crippen molar-refractivity contribution in [1.29, 1.82) is 0 Å². The minimum absolute atomic E-state index is 0.357. The van der Waals surface area contributed by atoms with E-state index in [0.717, 1.165) is 18.7 Å². The van der Waals surface area contributed by atoms with Crippen molar-refractivity contribution < 1.29 is 0 Å². The Morgan fingerprint density at radius 1 is 1.61 bits per heavy atom. The van der Waals surface area contributed by atoms with Crippen molar-refractivity contribution in [2.75, 3.05) is 19.1 Å². The van der Waals surface area contributed by atoms with Crippen LogP contribution in [-0.4, -0.2) is 40.0 Å². The van der Waals surface area contributed by atoms with Crippen LogP contribution in [0.3, 0.4) is 0 Å². The van der Waals surface area contributed by atoms with E-state index in [0.29, 0.717) is 16.7 Å². The van der Waals surface area contributed by atoms with E-state index in [1.807, 2.05) is 23.9 Å². The fraction of sp³-hybridized carbons (Fsp3) is 0.538. The summed E-state index contributed by atoms with van der Waals surface area (Å²) in [4.78, 5) is 6.89. The summed E-state index contributed by atoms with van der Waals surface area (Å²) in [6.07, 6.45) is 5.08. The molecule has 0 aliphatic rings. The van der Waals surface area contributed by atoms with Crippen molar-refractivity contribution in [2.24, 2.45) is 5.73 Å². The fourth-order valence-corrected chi connectivity index (χ4v) is 2.86. The van der Waals surface area contributed by atoms with Crippen LogP contribution in [0.2, 0.25) is 0 Å². The number of nitrogens with zero attached hydrogens (tertiary/aromatic N) is 2. The van der Waals surface area contributed by atoms with Crippen LogP contribution in [0.5, 0.6) is 0 Å². The second-order valence-corrected chi connectivity index (χ2v) is 5.70. The van der Waals surface area contributed by atoms with E-state index in [4.69, 9.17) is 18.0 Å². The standard InChI is InChI=1S/C13H21N3S2/c1-4-11(9-18-3)16(2)8-10-5-6-15-12(7-10)13(14)17/h5-7,11H,4,8-9H2,1-3H3,(H2,14,17). The van der Waals surface area contributed by atoms with Gasteiger partial charge in [-0.05, 0) is 37.4 Å². The smallest absolute Gasteiger partial charge is 0.122 e. The molecule has 100 valence electrons. The highest BCUT2D eigenvalue weighted by Crippen LogP contribution is 2.12. The highest BCUT2D eigenvalue weighted by molar-refractivity contribution is 7.98. The second-order valence-electron chi connectivity index (χ2n) is 4.35. The molecule has 3 nitrogen and oxygen atoms in total. The molecule has 0 aliphatic carbocycles. The second kappa shape index (κ2) is 7.71. The Bertz CT molecular complexity index is 396. The molecule has 0 radical (unpaired) electrons. The van der Waals surface area contributed by atoms with Gasteiger partial charge in [0.1, 0.15) is 4.99 Å². The van der Waals surface area contributed by atoms with Crippen LogP contribution in [0.1, 0.15) is 24.6 Å². The van der Waals surface area contributed by atoms with Gasteiger partial charge in [0.15, 0.2) is 0 Å². The normalized spacial score (nSPS) is 12.7. The lowest BCUT2D eigenvalue weighted by molar-refractivity contribution is 0.248. The number of hydrogen-bond donors (Lipinski definition) is 1. The molecule has 18 heavy (non-hydrogen) atoms. The van der Waals surface area contributed by atoms with Gasteiger partial charge in [0.05, 0.1) is 5.69 Å². The van der Waals surface area contributed by atoms with E-state index in [1.54, 1.807) is 6.20 Å². The van der Waals surface area contributed by atoms with Gasteiger partial charge in [0, 0.05) is 24.5 Å². The Morgan fingerprint density at radius 2 is 2.33 bits per heavy atom. The lowest BCUT2D eigenvalue weighted by Gasteiger charge is -2.26. The third-order valence-electron chi connectivity index (χ3n) is 2.96. The number of pyridine rings is 1. The average Bonchev–Trinajstić information content (AvgIpc) is 2.36. The van der Waals surface area contributed by atoms with Crippen LogP contribution in [0, 0.1) is 0 Å². The lowest BCUT2D eigenvalue weighted by atomic mass is 10.1. The number of rotatable bonds is 7. The van der Waals surface area contributed by atoms with Crippen molar-refractivity contribution in [3.63, 3.8) is 0 Å². The maximum atomic E-state index is 5.60.